The van der Waals surface area contributed by atoms with E-state index in [1.807, 2.05) is 0 Å². The minimum atomic E-state index is -4.20. The van der Waals surface area contributed by atoms with Crippen LogP contribution < -0.4 is 4.13 Å². The van der Waals surface area contributed by atoms with E-state index in [2.05, 4.69) is 9.28 Å². The van der Waals surface area contributed by atoms with Crippen molar-refractivity contribution in [1.29, 1.82) is 0 Å². The van der Waals surface area contributed by atoms with Gasteiger partial charge in [0.05, 0.1) is 15.4 Å². The van der Waals surface area contributed by atoms with Gasteiger partial charge in [0.25, 0.3) is 5.69 Å². The van der Waals surface area contributed by atoms with E-state index in [0.29, 0.717) is 0 Å². The van der Waals surface area contributed by atoms with Crippen molar-refractivity contribution in [1.82, 2.24) is 4.13 Å². The van der Waals surface area contributed by atoms with E-state index in [0.717, 1.165) is 41.8 Å². The highest BCUT2D eigenvalue weighted by Crippen LogP contribution is 2.32. The Morgan fingerprint density at radius 2 is 1.80 bits per heavy atom. The molecule has 1 heterocycles. The fourth-order valence-electron chi connectivity index (χ4n) is 2.52. The molecule has 3 rings (SSSR count). The minimum absolute atomic E-state index is 0.228. The lowest BCUT2D eigenvalue weighted by atomic mass is 10.1. The summed E-state index contributed by atoms with van der Waals surface area (Å²) >= 11 is 0. The molecule has 0 fully saturated rings. The lowest BCUT2D eigenvalue weighted by Crippen LogP contribution is -2.24. The normalized spacial score (nSPS) is 16.7. The summed E-state index contributed by atoms with van der Waals surface area (Å²) in [4.78, 5) is 15.1. The Labute approximate surface area is 173 Å². The van der Waals surface area contributed by atoms with Crippen LogP contribution in [0.25, 0.3) is 0 Å². The van der Waals surface area contributed by atoms with Crippen LogP contribution in [-0.2, 0) is 14.9 Å². The molecule has 1 aliphatic rings. The highest BCUT2D eigenvalue weighted by molar-refractivity contribution is 8.31. The lowest BCUT2D eigenvalue weighted by Gasteiger charge is -2.15. The monoisotopic (exact) mass is 457 g/mol. The first-order valence-electron chi connectivity index (χ1n) is 8.52. The van der Waals surface area contributed by atoms with E-state index in [1.165, 1.54) is 6.07 Å². The van der Waals surface area contributed by atoms with Crippen LogP contribution in [0.1, 0.15) is 25.8 Å². The summed E-state index contributed by atoms with van der Waals surface area (Å²) in [5.41, 5.74) is -1.39. The number of non-ortho nitro benzene ring substituents is 1. The van der Waals surface area contributed by atoms with Gasteiger partial charge in [-0.3, -0.25) is 10.1 Å². The second-order valence-electron chi connectivity index (χ2n) is 6.94. The van der Waals surface area contributed by atoms with Crippen molar-refractivity contribution in [2.24, 2.45) is 5.16 Å². The minimum Gasteiger partial charge on any atom is -0.389 e. The molecule has 8 nitrogen and oxygen atoms in total. The summed E-state index contributed by atoms with van der Waals surface area (Å²) < 4.78 is 56.3. The molecule has 0 saturated heterocycles. The van der Waals surface area contributed by atoms with Gasteiger partial charge in [0.15, 0.2) is 0 Å². The van der Waals surface area contributed by atoms with Gasteiger partial charge in [0.2, 0.25) is 10.0 Å². The predicted molar refractivity (Wildman–Crippen MR) is 110 cm³/mol. The van der Waals surface area contributed by atoms with Crippen molar-refractivity contribution < 1.29 is 27.0 Å². The van der Waals surface area contributed by atoms with Crippen molar-refractivity contribution in [3.05, 3.63) is 69.8 Å². The van der Waals surface area contributed by atoms with E-state index < -0.39 is 48.4 Å². The van der Waals surface area contributed by atoms with Crippen molar-refractivity contribution >= 4 is 36.8 Å². The smallest absolute Gasteiger partial charge is 0.269 e. The van der Waals surface area contributed by atoms with E-state index >= 15 is 0 Å². The Morgan fingerprint density at radius 3 is 2.30 bits per heavy atom. The van der Waals surface area contributed by atoms with Gasteiger partial charge in [-0.05, 0) is 43.5 Å². The topological polar surface area (TPSA) is 111 Å². The van der Waals surface area contributed by atoms with E-state index in [1.54, 1.807) is 13.8 Å². The fraction of sp³-hybridized carbons (Fsp3) is 0.222. The Morgan fingerprint density at radius 1 is 1.20 bits per heavy atom. The molecule has 1 N–H and O–H groups in total. The summed E-state index contributed by atoms with van der Waals surface area (Å²) in [5, 5.41) is 16.0. The Kier molecular flexibility index (Phi) is 6.01. The Hall–Kier alpha value is -2.70. The SMILES string of the molecule is CC1(C)CC(S(=Cc2c(F)cccc2F)NS(=O)(=O)c2ccc([N+](=O)[O-])cc2)=NO1. The van der Waals surface area contributed by atoms with Crippen LogP contribution in [0.4, 0.5) is 14.5 Å². The molecule has 1 unspecified atom stereocenters. The highest BCUT2D eigenvalue weighted by Gasteiger charge is 2.32. The van der Waals surface area contributed by atoms with Crippen LogP contribution in [-0.4, -0.2) is 29.4 Å². The Balaban J connectivity index is 2.03. The molecule has 30 heavy (non-hydrogen) atoms. The maximum atomic E-state index is 14.1. The van der Waals surface area contributed by atoms with Gasteiger partial charge in [-0.1, -0.05) is 21.9 Å². The van der Waals surface area contributed by atoms with Crippen LogP contribution in [0.5, 0.6) is 0 Å². The van der Waals surface area contributed by atoms with E-state index in [-0.39, 0.29) is 22.0 Å². The fourth-order valence-corrected chi connectivity index (χ4v) is 6.14. The molecule has 0 bridgehead atoms. The molecule has 160 valence electrons. The number of hydrogen-bond acceptors (Lipinski definition) is 6. The number of nitrogens with one attached hydrogen (secondary N) is 1. The average Bonchev–Trinajstić information content (AvgIpc) is 3.03. The van der Waals surface area contributed by atoms with E-state index in [9.17, 15) is 27.3 Å². The van der Waals surface area contributed by atoms with Gasteiger partial charge in [-0.25, -0.2) is 17.2 Å². The number of hydrogen-bond donors (Lipinski definition) is 1. The number of halogens is 2. The summed E-state index contributed by atoms with van der Waals surface area (Å²) in [5.74, 6) is -1.72. The van der Waals surface area contributed by atoms with Crippen LogP contribution >= 0.6 is 10.7 Å². The summed E-state index contributed by atoms with van der Waals surface area (Å²) in [6.07, 6.45) is 0.228. The number of nitro groups is 1. The standard InChI is InChI=1S/C18H17F2N3O5S2/c1-18(2)10-17(21-28-18)29(11-14-15(19)4-3-5-16(14)20)22-30(26,27)13-8-6-12(7-9-13)23(24)25/h3-9,11,22H,10H2,1-2H3. The van der Waals surface area contributed by atoms with Crippen LogP contribution in [0.2, 0.25) is 0 Å². The third-order valence-electron chi connectivity index (χ3n) is 4.02. The molecule has 1 atom stereocenters. The zero-order valence-electron chi connectivity index (χ0n) is 15.8. The quantitative estimate of drug-likeness (QED) is 0.418. The van der Waals surface area contributed by atoms with Crippen molar-refractivity contribution in [2.75, 3.05) is 0 Å². The zero-order chi connectivity index (χ0) is 22.1. The van der Waals surface area contributed by atoms with Crippen LogP contribution in [0.3, 0.4) is 0 Å². The maximum absolute atomic E-state index is 14.1. The summed E-state index contributed by atoms with van der Waals surface area (Å²) in [6, 6.07) is 7.54. The van der Waals surface area contributed by atoms with Gasteiger partial charge in [-0.15, -0.1) is 0 Å². The Bertz CT molecular complexity index is 1140. The molecule has 0 aromatic heterocycles. The average molecular weight is 457 g/mol. The first-order chi connectivity index (χ1) is 14.0. The van der Waals surface area contributed by atoms with E-state index in [4.69, 9.17) is 4.84 Å². The third kappa shape index (κ3) is 4.89. The van der Waals surface area contributed by atoms with Gasteiger partial charge < -0.3 is 4.84 Å². The number of nitro benzene ring substituents is 1. The first-order valence-corrected chi connectivity index (χ1v) is 11.3. The summed E-state index contributed by atoms with van der Waals surface area (Å²) in [6.45, 7) is 3.47. The third-order valence-corrected chi connectivity index (χ3v) is 7.70. The molecule has 2 aromatic carbocycles. The number of oxime groups is 1. The molecular weight excluding hydrogens is 440 g/mol. The van der Waals surface area contributed by atoms with Gasteiger partial charge in [-0.2, -0.15) is 4.13 Å². The largest absolute Gasteiger partial charge is 0.389 e. The van der Waals surface area contributed by atoms with Crippen LogP contribution in [0.15, 0.2) is 52.5 Å². The lowest BCUT2D eigenvalue weighted by molar-refractivity contribution is -0.384. The molecule has 2 aromatic rings. The molecule has 1 aliphatic heterocycles. The second-order valence-corrected chi connectivity index (χ2v) is 10.5. The molecule has 0 aliphatic carbocycles. The number of nitrogens with zero attached hydrogens (tertiary/aromatic N) is 2. The molecule has 0 amide bonds. The zero-order valence-corrected chi connectivity index (χ0v) is 17.5. The summed E-state index contributed by atoms with van der Waals surface area (Å²) in [7, 11) is -5.75. The molecule has 0 saturated carbocycles. The first kappa shape index (κ1) is 22.0. The van der Waals surface area contributed by atoms with Crippen LogP contribution in [0, 0.1) is 21.7 Å². The molecule has 0 spiro atoms. The number of sulfonamides is 1. The molecule has 12 heteroatoms. The van der Waals surface area contributed by atoms with Gasteiger partial charge in [0, 0.05) is 18.6 Å². The van der Waals surface area contributed by atoms with Crippen molar-refractivity contribution in [2.45, 2.75) is 30.8 Å². The molecular formula is C18H17F2N3O5S2. The molecule has 0 radical (unpaired) electrons. The predicted octanol–water partition coefficient (Wildman–Crippen LogP) is 3.70. The van der Waals surface area contributed by atoms with Gasteiger partial charge in [0.1, 0.15) is 22.3 Å². The van der Waals surface area contributed by atoms with Crippen molar-refractivity contribution in [3.8, 4) is 0 Å². The van der Waals surface area contributed by atoms with Crippen molar-refractivity contribution in [3.63, 3.8) is 0 Å². The highest BCUT2D eigenvalue weighted by atomic mass is 32.3. The number of benzene rings is 2. The second kappa shape index (κ2) is 8.20. The number of rotatable bonds is 5. The maximum Gasteiger partial charge on any atom is 0.269 e. The van der Waals surface area contributed by atoms with Gasteiger partial charge >= 0.3 is 0 Å².